The average Bonchev–Trinajstić information content (AvgIpc) is 1.83. The lowest BCUT2D eigenvalue weighted by molar-refractivity contribution is 0.350. The molecule has 8 heavy (non-hydrogen) atoms. The third-order valence-corrected chi connectivity index (χ3v) is 0.798. The normalized spacial score (nSPS) is 10.1. The highest BCUT2D eigenvalue weighted by Crippen LogP contribution is 1.84. The van der Waals surface area contributed by atoms with E-state index < -0.39 is 0 Å². The second-order valence-electron chi connectivity index (χ2n) is 1.43. The first kappa shape index (κ1) is 7.26. The zero-order valence-corrected chi connectivity index (χ0v) is 5.23. The fourth-order valence-corrected chi connectivity index (χ4v) is 0.251. The van der Waals surface area contributed by atoms with Gasteiger partial charge in [0, 0.05) is 0 Å². The molecule has 1 heteroatoms. The van der Waals surface area contributed by atoms with Crippen molar-refractivity contribution in [3.63, 3.8) is 0 Å². The fourth-order valence-electron chi connectivity index (χ4n) is 0.251. The molecule has 0 aliphatic heterocycles. The van der Waals surface area contributed by atoms with E-state index in [4.69, 9.17) is 5.11 Å². The topological polar surface area (TPSA) is 20.2 Å². The maximum absolute atomic E-state index is 8.21. The summed E-state index contributed by atoms with van der Waals surface area (Å²) in [7, 11) is 0. The summed E-state index contributed by atoms with van der Waals surface area (Å²) in [6.45, 7) is 3.77. The fraction of sp³-hybridized carbons (Fsp3) is 0.429. The average molecular weight is 110 g/mol. The van der Waals surface area contributed by atoms with Gasteiger partial charge in [0.05, 0.1) is 0 Å². The van der Waals surface area contributed by atoms with Crippen molar-refractivity contribution in [2.75, 3.05) is 6.61 Å². The van der Waals surface area contributed by atoms with E-state index in [0.717, 1.165) is 5.57 Å². The number of aliphatic hydroxyl groups excluding tert-OH is 1. The van der Waals surface area contributed by atoms with Gasteiger partial charge in [-0.3, -0.25) is 0 Å². The van der Waals surface area contributed by atoms with E-state index >= 15 is 0 Å². The third-order valence-electron chi connectivity index (χ3n) is 0.798. The van der Waals surface area contributed by atoms with Crippen LogP contribution in [-0.2, 0) is 0 Å². The zero-order valence-electron chi connectivity index (χ0n) is 5.23. The van der Waals surface area contributed by atoms with E-state index in [0.29, 0.717) is 0 Å². The summed E-state index contributed by atoms with van der Waals surface area (Å²) in [6.07, 6.45) is 1.91. The van der Waals surface area contributed by atoms with Crippen LogP contribution < -0.4 is 0 Å². The molecule has 0 atom stereocenters. The lowest BCUT2D eigenvalue weighted by Gasteiger charge is -1.78. The second kappa shape index (κ2) is 4.42. The number of rotatable bonds is 0. The van der Waals surface area contributed by atoms with E-state index in [1.165, 1.54) is 0 Å². The van der Waals surface area contributed by atoms with Gasteiger partial charge in [-0.1, -0.05) is 17.9 Å². The molecule has 1 nitrogen and oxygen atoms in total. The summed E-state index contributed by atoms with van der Waals surface area (Å²) in [5.74, 6) is 5.28. The van der Waals surface area contributed by atoms with Gasteiger partial charge in [-0.2, -0.15) is 0 Å². The number of hydrogen-bond acceptors (Lipinski definition) is 1. The molecule has 0 rings (SSSR count). The molecule has 44 valence electrons. The summed E-state index contributed by atoms with van der Waals surface area (Å²) in [4.78, 5) is 0. The molecule has 0 radical (unpaired) electrons. The Labute approximate surface area is 50.0 Å². The van der Waals surface area contributed by atoms with Gasteiger partial charge in [0.2, 0.25) is 0 Å². The largest absolute Gasteiger partial charge is 0.384 e. The van der Waals surface area contributed by atoms with Gasteiger partial charge in [0.1, 0.15) is 6.61 Å². The minimum atomic E-state index is -0.0504. The van der Waals surface area contributed by atoms with E-state index in [1.54, 1.807) is 0 Å². The Balaban J connectivity index is 3.69. The van der Waals surface area contributed by atoms with Crippen LogP contribution in [0, 0.1) is 11.8 Å². The molecule has 0 aromatic heterocycles. The summed E-state index contributed by atoms with van der Waals surface area (Å²) in [6, 6.07) is 0. The molecule has 0 aromatic carbocycles. The van der Waals surface area contributed by atoms with Gasteiger partial charge in [-0.25, -0.2) is 0 Å². The molecule has 0 unspecified atom stereocenters. The minimum Gasteiger partial charge on any atom is -0.384 e. The highest BCUT2D eigenvalue weighted by atomic mass is 16.2. The first-order valence-electron chi connectivity index (χ1n) is 2.54. The van der Waals surface area contributed by atoms with Crippen LogP contribution in [0.25, 0.3) is 0 Å². The molecule has 0 amide bonds. The molecule has 0 saturated heterocycles. The lowest BCUT2D eigenvalue weighted by Crippen LogP contribution is -1.72. The molecule has 0 heterocycles. The molecule has 0 aliphatic carbocycles. The minimum absolute atomic E-state index is 0.0504. The Bertz CT molecular complexity index is 134. The Morgan fingerprint density at radius 2 is 2.38 bits per heavy atom. The maximum Gasteiger partial charge on any atom is 0.104 e. The van der Waals surface area contributed by atoms with Crippen LogP contribution in [0.5, 0.6) is 0 Å². The highest BCUT2D eigenvalue weighted by Gasteiger charge is 1.71. The van der Waals surface area contributed by atoms with Crippen molar-refractivity contribution < 1.29 is 5.11 Å². The number of hydrogen-bond donors (Lipinski definition) is 1. The Kier molecular flexibility index (Phi) is 4.01. The Hall–Kier alpha value is -0.740. The molecule has 0 aliphatic rings. The monoisotopic (exact) mass is 110 g/mol. The predicted molar refractivity (Wildman–Crippen MR) is 34.3 cm³/mol. The van der Waals surface area contributed by atoms with Crippen LogP contribution in [0.4, 0.5) is 0 Å². The van der Waals surface area contributed by atoms with Crippen LogP contribution in [0.3, 0.4) is 0 Å². The summed E-state index contributed by atoms with van der Waals surface area (Å²) >= 11 is 0. The van der Waals surface area contributed by atoms with Crippen molar-refractivity contribution in [3.05, 3.63) is 11.6 Å². The molecule has 0 saturated carbocycles. The van der Waals surface area contributed by atoms with Crippen molar-refractivity contribution in [2.45, 2.75) is 13.8 Å². The molecule has 0 spiro atoms. The van der Waals surface area contributed by atoms with E-state index in [9.17, 15) is 0 Å². The second-order valence-corrected chi connectivity index (χ2v) is 1.43. The quantitative estimate of drug-likeness (QED) is 0.460. The number of aliphatic hydroxyl groups is 1. The number of allylic oxidation sites excluding steroid dienone is 2. The molecular weight excluding hydrogens is 100 g/mol. The van der Waals surface area contributed by atoms with Crippen molar-refractivity contribution in [2.24, 2.45) is 0 Å². The van der Waals surface area contributed by atoms with E-state index in [1.807, 2.05) is 19.9 Å². The molecular formula is C7H10O. The van der Waals surface area contributed by atoms with E-state index in [2.05, 4.69) is 11.8 Å². The van der Waals surface area contributed by atoms with Gasteiger partial charge in [0.15, 0.2) is 0 Å². The first-order valence-corrected chi connectivity index (χ1v) is 2.54. The summed E-state index contributed by atoms with van der Waals surface area (Å²) in [5, 5.41) is 8.21. The summed E-state index contributed by atoms with van der Waals surface area (Å²) in [5.41, 5.74) is 0.999. The smallest absolute Gasteiger partial charge is 0.104 e. The SMILES string of the molecule is C/C=C(\C)C#CCO. The molecule has 0 fully saturated rings. The van der Waals surface area contributed by atoms with Gasteiger partial charge in [-0.05, 0) is 19.4 Å². The van der Waals surface area contributed by atoms with Crippen molar-refractivity contribution in [3.8, 4) is 11.8 Å². The molecule has 0 aromatic rings. The lowest BCUT2D eigenvalue weighted by atomic mass is 10.3. The summed E-state index contributed by atoms with van der Waals surface area (Å²) < 4.78 is 0. The van der Waals surface area contributed by atoms with Crippen molar-refractivity contribution in [1.82, 2.24) is 0 Å². The molecule has 0 bridgehead atoms. The van der Waals surface area contributed by atoms with Crippen LogP contribution in [0.2, 0.25) is 0 Å². The maximum atomic E-state index is 8.21. The highest BCUT2D eigenvalue weighted by molar-refractivity contribution is 5.25. The van der Waals surface area contributed by atoms with Gasteiger partial charge in [0.25, 0.3) is 0 Å². The first-order chi connectivity index (χ1) is 3.81. The zero-order chi connectivity index (χ0) is 6.41. The van der Waals surface area contributed by atoms with Crippen LogP contribution >= 0.6 is 0 Å². The standard InChI is InChI=1S/C7H10O/c1-3-7(2)5-4-6-8/h3,8H,6H2,1-2H3/b7-3+. The van der Waals surface area contributed by atoms with Gasteiger partial charge >= 0.3 is 0 Å². The van der Waals surface area contributed by atoms with Crippen molar-refractivity contribution >= 4 is 0 Å². The van der Waals surface area contributed by atoms with E-state index in [-0.39, 0.29) is 6.61 Å². The Morgan fingerprint density at radius 1 is 1.75 bits per heavy atom. The van der Waals surface area contributed by atoms with Crippen molar-refractivity contribution in [1.29, 1.82) is 0 Å². The van der Waals surface area contributed by atoms with Crippen LogP contribution in [0.1, 0.15) is 13.8 Å². The predicted octanol–water partition coefficient (Wildman–Crippen LogP) is 0.948. The van der Waals surface area contributed by atoms with Crippen LogP contribution in [0.15, 0.2) is 11.6 Å². The van der Waals surface area contributed by atoms with Crippen LogP contribution in [-0.4, -0.2) is 11.7 Å². The van der Waals surface area contributed by atoms with Gasteiger partial charge < -0.3 is 5.11 Å². The molecule has 1 N–H and O–H groups in total. The third kappa shape index (κ3) is 3.45. The van der Waals surface area contributed by atoms with Gasteiger partial charge in [-0.15, -0.1) is 0 Å². The Morgan fingerprint density at radius 3 is 2.75 bits per heavy atom.